The molecule has 1 aromatic rings. The molecular formula is C19H27F2N3O4S. The van der Waals surface area contributed by atoms with E-state index in [2.05, 4.69) is 0 Å². The fourth-order valence-corrected chi connectivity index (χ4v) is 4.77. The lowest BCUT2D eigenvalue weighted by atomic mass is 10.2. The summed E-state index contributed by atoms with van der Waals surface area (Å²) in [5, 5.41) is 0. The summed E-state index contributed by atoms with van der Waals surface area (Å²) in [5.41, 5.74) is 0. The van der Waals surface area contributed by atoms with Crippen molar-refractivity contribution in [2.24, 2.45) is 0 Å². The molecule has 1 aliphatic rings. The van der Waals surface area contributed by atoms with E-state index in [0.717, 1.165) is 16.4 Å². The third kappa shape index (κ3) is 5.72. The van der Waals surface area contributed by atoms with E-state index in [4.69, 9.17) is 0 Å². The highest BCUT2D eigenvalue weighted by Gasteiger charge is 2.32. The molecule has 0 saturated carbocycles. The molecule has 1 aliphatic heterocycles. The highest BCUT2D eigenvalue weighted by molar-refractivity contribution is 7.89. The third-order valence-corrected chi connectivity index (χ3v) is 6.91. The fraction of sp³-hybridized carbons (Fsp3) is 0.579. The number of nitrogens with zero attached hydrogens (tertiary/aromatic N) is 3. The molecule has 2 rings (SSSR count). The molecule has 2 amide bonds. The number of benzene rings is 1. The normalized spacial score (nSPS) is 15.4. The van der Waals surface area contributed by atoms with Gasteiger partial charge >= 0.3 is 0 Å². The van der Waals surface area contributed by atoms with Crippen LogP contribution < -0.4 is 0 Å². The molecule has 10 heteroatoms. The molecule has 1 fully saturated rings. The highest BCUT2D eigenvalue weighted by atomic mass is 32.2. The Morgan fingerprint density at radius 2 is 1.66 bits per heavy atom. The van der Waals surface area contributed by atoms with Gasteiger partial charge in [0, 0.05) is 52.1 Å². The van der Waals surface area contributed by atoms with Crippen molar-refractivity contribution in [2.45, 2.75) is 38.0 Å². The number of carbonyl (C=O) groups is 2. The Bertz CT molecular complexity index is 836. The van der Waals surface area contributed by atoms with Gasteiger partial charge in [0.25, 0.3) is 0 Å². The lowest BCUT2D eigenvalue weighted by Crippen LogP contribution is -2.50. The van der Waals surface area contributed by atoms with E-state index in [1.165, 1.54) is 4.90 Å². The number of hydrogen-bond donors (Lipinski definition) is 0. The summed E-state index contributed by atoms with van der Waals surface area (Å²) >= 11 is 0. The summed E-state index contributed by atoms with van der Waals surface area (Å²) in [6.07, 6.45) is 0.931. The van der Waals surface area contributed by atoms with E-state index in [-0.39, 0.29) is 44.4 Å². The van der Waals surface area contributed by atoms with E-state index < -0.39 is 26.6 Å². The number of piperazine rings is 1. The van der Waals surface area contributed by atoms with E-state index in [1.807, 2.05) is 13.8 Å². The van der Waals surface area contributed by atoms with Crippen molar-refractivity contribution in [3.05, 3.63) is 29.8 Å². The first kappa shape index (κ1) is 23.2. The smallest absolute Gasteiger partial charge is 0.246 e. The zero-order valence-corrected chi connectivity index (χ0v) is 17.6. The molecule has 1 saturated heterocycles. The predicted octanol–water partition coefficient (Wildman–Crippen LogP) is 1.84. The van der Waals surface area contributed by atoms with Crippen molar-refractivity contribution in [1.82, 2.24) is 14.1 Å². The second kappa shape index (κ2) is 10.1. The topological polar surface area (TPSA) is 78.0 Å². The van der Waals surface area contributed by atoms with Gasteiger partial charge in [0.05, 0.1) is 0 Å². The van der Waals surface area contributed by atoms with Crippen LogP contribution in [-0.4, -0.2) is 73.6 Å². The van der Waals surface area contributed by atoms with Crippen LogP contribution in [0, 0.1) is 11.6 Å². The molecule has 1 aromatic carbocycles. The minimum absolute atomic E-state index is 0.00239. The Kier molecular flexibility index (Phi) is 8.09. The third-order valence-electron chi connectivity index (χ3n) is 5.00. The molecule has 162 valence electrons. The van der Waals surface area contributed by atoms with Crippen molar-refractivity contribution in [3.8, 4) is 0 Å². The maximum absolute atomic E-state index is 13.9. The van der Waals surface area contributed by atoms with E-state index >= 15 is 0 Å². The molecular weight excluding hydrogens is 404 g/mol. The monoisotopic (exact) mass is 431 g/mol. The van der Waals surface area contributed by atoms with Crippen LogP contribution in [0.4, 0.5) is 8.78 Å². The Morgan fingerprint density at radius 3 is 2.24 bits per heavy atom. The number of carbonyl (C=O) groups excluding carboxylic acids is 2. The first-order valence-electron chi connectivity index (χ1n) is 9.71. The van der Waals surface area contributed by atoms with Crippen LogP contribution in [0.15, 0.2) is 23.1 Å². The predicted molar refractivity (Wildman–Crippen MR) is 103 cm³/mol. The van der Waals surface area contributed by atoms with E-state index in [0.29, 0.717) is 32.0 Å². The Labute approximate surface area is 170 Å². The summed E-state index contributed by atoms with van der Waals surface area (Å²) in [6, 6.07) is 2.30. The van der Waals surface area contributed by atoms with Crippen LogP contribution in [0.2, 0.25) is 0 Å². The summed E-state index contributed by atoms with van der Waals surface area (Å²) in [7, 11) is -4.18. The van der Waals surface area contributed by atoms with Gasteiger partial charge in [-0.3, -0.25) is 9.59 Å². The summed E-state index contributed by atoms with van der Waals surface area (Å²) in [6.45, 7) is 5.39. The molecule has 0 bridgehead atoms. The fourth-order valence-electron chi connectivity index (χ4n) is 3.28. The molecule has 0 aromatic heterocycles. The van der Waals surface area contributed by atoms with Gasteiger partial charge in [-0.25, -0.2) is 17.2 Å². The maximum atomic E-state index is 13.9. The number of sulfonamides is 1. The second-order valence-corrected chi connectivity index (χ2v) is 8.69. The van der Waals surface area contributed by atoms with Gasteiger partial charge in [-0.1, -0.05) is 0 Å². The average Bonchev–Trinajstić information content (AvgIpc) is 2.70. The lowest BCUT2D eigenvalue weighted by molar-refractivity contribution is -0.133. The van der Waals surface area contributed by atoms with Crippen LogP contribution in [-0.2, 0) is 19.6 Å². The van der Waals surface area contributed by atoms with Crippen LogP contribution in [0.25, 0.3) is 0 Å². The molecule has 1 heterocycles. The second-order valence-electron chi connectivity index (χ2n) is 6.78. The van der Waals surface area contributed by atoms with Gasteiger partial charge < -0.3 is 9.80 Å². The number of rotatable bonds is 8. The van der Waals surface area contributed by atoms with Gasteiger partial charge in [0.1, 0.15) is 16.5 Å². The molecule has 0 unspecified atom stereocenters. The minimum Gasteiger partial charge on any atom is -0.343 e. The van der Waals surface area contributed by atoms with Crippen molar-refractivity contribution < 1.29 is 26.8 Å². The Balaban J connectivity index is 1.87. The van der Waals surface area contributed by atoms with Crippen LogP contribution in [0.3, 0.4) is 0 Å². The number of hydrogen-bond acceptors (Lipinski definition) is 4. The van der Waals surface area contributed by atoms with Crippen molar-refractivity contribution in [3.63, 3.8) is 0 Å². The van der Waals surface area contributed by atoms with Crippen LogP contribution >= 0.6 is 0 Å². The van der Waals surface area contributed by atoms with Gasteiger partial charge in [-0.05, 0) is 38.5 Å². The lowest BCUT2D eigenvalue weighted by Gasteiger charge is -2.34. The van der Waals surface area contributed by atoms with Crippen molar-refractivity contribution in [2.75, 3.05) is 39.3 Å². The minimum atomic E-state index is -4.18. The highest BCUT2D eigenvalue weighted by Crippen LogP contribution is 2.22. The molecule has 7 nitrogen and oxygen atoms in total. The quantitative estimate of drug-likeness (QED) is 0.629. The van der Waals surface area contributed by atoms with Gasteiger partial charge in [-0.15, -0.1) is 0 Å². The maximum Gasteiger partial charge on any atom is 0.246 e. The van der Waals surface area contributed by atoms with E-state index in [9.17, 15) is 26.8 Å². The summed E-state index contributed by atoms with van der Waals surface area (Å²) < 4.78 is 53.4. The van der Waals surface area contributed by atoms with Crippen molar-refractivity contribution >= 4 is 21.8 Å². The Hall–Kier alpha value is -2.07. The molecule has 0 atom stereocenters. The Morgan fingerprint density at radius 1 is 1.03 bits per heavy atom. The van der Waals surface area contributed by atoms with Crippen LogP contribution in [0.5, 0.6) is 0 Å². The summed E-state index contributed by atoms with van der Waals surface area (Å²) in [5.74, 6) is -1.98. The van der Waals surface area contributed by atoms with Gasteiger partial charge in [-0.2, -0.15) is 4.31 Å². The average molecular weight is 432 g/mol. The SMILES string of the molecule is CCN(CC)C(=O)CCCC(=O)N1CCN(S(=O)(=O)c2cc(F)ccc2F)CC1. The van der Waals surface area contributed by atoms with Crippen LogP contribution in [0.1, 0.15) is 33.1 Å². The zero-order chi connectivity index (χ0) is 21.6. The summed E-state index contributed by atoms with van der Waals surface area (Å²) in [4.78, 5) is 26.9. The number of halogens is 2. The van der Waals surface area contributed by atoms with Crippen molar-refractivity contribution in [1.29, 1.82) is 0 Å². The number of amides is 2. The first-order chi connectivity index (χ1) is 13.7. The molecule has 0 spiro atoms. The largest absolute Gasteiger partial charge is 0.343 e. The molecule has 29 heavy (non-hydrogen) atoms. The standard InChI is InChI=1S/C19H27F2N3O4S/c1-3-22(4-2)18(25)6-5-7-19(26)23-10-12-24(13-11-23)29(27,28)17-14-15(20)8-9-16(17)21/h8-9,14H,3-7,10-13H2,1-2H3. The van der Waals surface area contributed by atoms with E-state index in [1.54, 1.807) is 4.90 Å². The molecule has 0 aliphatic carbocycles. The zero-order valence-electron chi connectivity index (χ0n) is 16.7. The molecule has 0 N–H and O–H groups in total. The first-order valence-corrected chi connectivity index (χ1v) is 11.2. The molecule has 0 radical (unpaired) electrons. The van der Waals surface area contributed by atoms with Gasteiger partial charge in [0.15, 0.2) is 0 Å². The van der Waals surface area contributed by atoms with Gasteiger partial charge in [0.2, 0.25) is 21.8 Å².